The van der Waals surface area contributed by atoms with Crippen LogP contribution in [0.3, 0.4) is 0 Å². The lowest BCUT2D eigenvalue weighted by atomic mass is 9.31. The molecule has 0 aromatic carbocycles. The fourth-order valence-electron chi connectivity index (χ4n) is 11.4. The van der Waals surface area contributed by atoms with Crippen molar-refractivity contribution >= 4 is 11.6 Å². The molecule has 5 rings (SSSR count). The fourth-order valence-corrected chi connectivity index (χ4v) is 11.4. The van der Waals surface area contributed by atoms with Crippen molar-refractivity contribution in [3.05, 3.63) is 11.8 Å². The molecule has 35 heavy (non-hydrogen) atoms. The minimum absolute atomic E-state index is 0.00638. The first-order chi connectivity index (χ1) is 16.1. The molecular formula is C32H50O3. The largest absolute Gasteiger partial charge is 0.515 e. The highest BCUT2D eigenvalue weighted by molar-refractivity contribution is 6.00. The van der Waals surface area contributed by atoms with Gasteiger partial charge >= 0.3 is 0 Å². The Hall–Kier alpha value is -1.12. The summed E-state index contributed by atoms with van der Waals surface area (Å²) in [6, 6.07) is 0. The molecule has 0 saturated heterocycles. The molecule has 3 nitrogen and oxygen atoms in total. The number of carbonyl (C=O) groups excluding carboxylic acids is 2. The lowest BCUT2D eigenvalue weighted by Gasteiger charge is -2.72. The highest BCUT2D eigenvalue weighted by atomic mass is 16.2. The van der Waals surface area contributed by atoms with E-state index in [0.29, 0.717) is 40.9 Å². The number of aliphatic hydroxyl groups is 1. The van der Waals surface area contributed by atoms with Crippen LogP contribution >= 0.6 is 0 Å². The standard InChI is InChI=1S/C32H50O3/c1-9-32-14-12-27(2,3)18-21(32)25-22(34)16-24-29(6)17-20(19-33)26(35)28(4,5)23(29)10-11-30(24,7)31(25,8)13-15-32/h19,21,23-25,33H,9-18H2,1-8H3/b20-19-/t21-,23-,24+,25-,29-,30+,31+,32+/m0/s1. The van der Waals surface area contributed by atoms with E-state index in [1.54, 1.807) is 0 Å². The first-order valence-electron chi connectivity index (χ1n) is 14.5. The summed E-state index contributed by atoms with van der Waals surface area (Å²) in [7, 11) is 0. The van der Waals surface area contributed by atoms with E-state index in [9.17, 15) is 14.7 Å². The van der Waals surface area contributed by atoms with Gasteiger partial charge in [-0.2, -0.15) is 0 Å². The van der Waals surface area contributed by atoms with E-state index in [0.717, 1.165) is 25.5 Å². The number of carbonyl (C=O) groups is 2. The number of fused-ring (bicyclic) bond motifs is 7. The highest BCUT2D eigenvalue weighted by Crippen LogP contribution is 2.76. The van der Waals surface area contributed by atoms with Crippen LogP contribution in [0.2, 0.25) is 0 Å². The van der Waals surface area contributed by atoms with Gasteiger partial charge in [0, 0.05) is 23.3 Å². The van der Waals surface area contributed by atoms with Gasteiger partial charge in [-0.25, -0.2) is 0 Å². The van der Waals surface area contributed by atoms with Crippen LogP contribution in [0.1, 0.15) is 120 Å². The topological polar surface area (TPSA) is 54.4 Å². The molecule has 0 amide bonds. The summed E-state index contributed by atoms with van der Waals surface area (Å²) >= 11 is 0. The maximum Gasteiger partial charge on any atom is 0.167 e. The highest BCUT2D eigenvalue weighted by Gasteiger charge is 2.72. The lowest BCUT2D eigenvalue weighted by Crippen LogP contribution is -2.69. The number of Topliss-reactive ketones (excluding diaryl/α,β-unsaturated/α-hetero) is 2. The van der Waals surface area contributed by atoms with Crippen LogP contribution in [0.25, 0.3) is 0 Å². The van der Waals surface area contributed by atoms with Gasteiger partial charge in [-0.05, 0) is 96.2 Å². The number of allylic oxidation sites excluding steroid dienone is 1. The zero-order valence-electron chi connectivity index (χ0n) is 23.7. The first kappa shape index (κ1) is 25.5. The predicted molar refractivity (Wildman–Crippen MR) is 141 cm³/mol. The average Bonchev–Trinajstić information content (AvgIpc) is 2.77. The molecule has 5 fully saturated rings. The monoisotopic (exact) mass is 482 g/mol. The molecule has 5 aliphatic carbocycles. The summed E-state index contributed by atoms with van der Waals surface area (Å²) < 4.78 is 0. The van der Waals surface area contributed by atoms with Gasteiger partial charge in [0.2, 0.25) is 0 Å². The molecule has 1 N–H and O–H groups in total. The molecule has 8 atom stereocenters. The maximum atomic E-state index is 14.4. The molecule has 0 aromatic rings. The zero-order valence-corrected chi connectivity index (χ0v) is 23.7. The predicted octanol–water partition coefficient (Wildman–Crippen LogP) is 8.08. The van der Waals surface area contributed by atoms with E-state index < -0.39 is 5.41 Å². The van der Waals surface area contributed by atoms with E-state index in [1.807, 2.05) is 0 Å². The summed E-state index contributed by atoms with van der Waals surface area (Å²) in [6.07, 6.45) is 11.9. The fraction of sp³-hybridized carbons (Fsp3) is 0.875. The van der Waals surface area contributed by atoms with Crippen molar-refractivity contribution in [2.45, 2.75) is 120 Å². The third kappa shape index (κ3) is 3.08. The molecule has 5 saturated carbocycles. The molecule has 0 unspecified atom stereocenters. The van der Waals surface area contributed by atoms with Gasteiger partial charge in [-0.15, -0.1) is 0 Å². The normalized spacial score (nSPS) is 51.7. The van der Waals surface area contributed by atoms with Gasteiger partial charge in [0.05, 0.1) is 6.26 Å². The molecule has 0 bridgehead atoms. The number of ketones is 2. The quantitative estimate of drug-likeness (QED) is 0.303. The Morgan fingerprint density at radius 2 is 1.54 bits per heavy atom. The minimum Gasteiger partial charge on any atom is -0.515 e. The van der Waals surface area contributed by atoms with Crippen LogP contribution in [0.15, 0.2) is 11.8 Å². The number of hydrogen-bond donors (Lipinski definition) is 1. The second-order valence-electron chi connectivity index (χ2n) is 15.7. The second-order valence-corrected chi connectivity index (χ2v) is 15.7. The lowest BCUT2D eigenvalue weighted by molar-refractivity contribution is -0.231. The Labute approximate surface area is 213 Å². The molecule has 0 spiro atoms. The third-order valence-electron chi connectivity index (χ3n) is 13.6. The van der Waals surface area contributed by atoms with Crippen LogP contribution in [0, 0.1) is 56.2 Å². The summed E-state index contributed by atoms with van der Waals surface area (Å²) in [5.74, 6) is 1.81. The van der Waals surface area contributed by atoms with Gasteiger partial charge in [-0.3, -0.25) is 9.59 Å². The molecule has 0 aromatic heterocycles. The molecule has 0 heterocycles. The second kappa shape index (κ2) is 7.47. The maximum absolute atomic E-state index is 14.4. The van der Waals surface area contributed by atoms with Crippen LogP contribution in [0.4, 0.5) is 0 Å². The summed E-state index contributed by atoms with van der Waals surface area (Å²) in [5, 5.41) is 10.0. The van der Waals surface area contributed by atoms with E-state index in [4.69, 9.17) is 0 Å². The first-order valence-corrected chi connectivity index (χ1v) is 14.5. The van der Waals surface area contributed by atoms with Crippen molar-refractivity contribution in [2.24, 2.45) is 56.2 Å². The summed E-state index contributed by atoms with van der Waals surface area (Å²) in [5.41, 5.74) is 0.667. The van der Waals surface area contributed by atoms with Gasteiger partial charge in [0.15, 0.2) is 5.78 Å². The van der Waals surface area contributed by atoms with Crippen LogP contribution in [-0.2, 0) is 9.59 Å². The van der Waals surface area contributed by atoms with E-state index in [-0.39, 0.29) is 39.8 Å². The van der Waals surface area contributed by atoms with E-state index >= 15 is 0 Å². The van der Waals surface area contributed by atoms with E-state index in [2.05, 4.69) is 55.4 Å². The Bertz CT molecular complexity index is 973. The van der Waals surface area contributed by atoms with Gasteiger partial charge in [0.25, 0.3) is 0 Å². The van der Waals surface area contributed by atoms with Crippen molar-refractivity contribution in [3.8, 4) is 0 Å². The smallest absolute Gasteiger partial charge is 0.167 e. The SMILES string of the molecule is CC[C@]12CCC(C)(C)C[C@H]1[C@H]1C(=O)C[C@@H]3[C@@]4(C)C/C(=C/O)C(=O)C(C)(C)[C@@H]4CC[C@@]3(C)[C@]1(C)CC2. The minimum atomic E-state index is -0.499. The van der Waals surface area contributed by atoms with Crippen LogP contribution in [0.5, 0.6) is 0 Å². The van der Waals surface area contributed by atoms with Gasteiger partial charge in [-0.1, -0.05) is 61.8 Å². The van der Waals surface area contributed by atoms with Crippen LogP contribution in [-0.4, -0.2) is 16.7 Å². The Morgan fingerprint density at radius 1 is 0.886 bits per heavy atom. The Morgan fingerprint density at radius 3 is 2.17 bits per heavy atom. The molecular weight excluding hydrogens is 432 g/mol. The summed E-state index contributed by atoms with van der Waals surface area (Å²) in [4.78, 5) is 27.7. The average molecular weight is 483 g/mol. The molecule has 3 heteroatoms. The number of rotatable bonds is 1. The number of hydrogen-bond acceptors (Lipinski definition) is 3. The third-order valence-corrected chi connectivity index (χ3v) is 13.6. The van der Waals surface area contributed by atoms with Crippen molar-refractivity contribution in [1.29, 1.82) is 0 Å². The Balaban J connectivity index is 1.61. The van der Waals surface area contributed by atoms with E-state index in [1.165, 1.54) is 32.1 Å². The van der Waals surface area contributed by atoms with Crippen molar-refractivity contribution < 1.29 is 14.7 Å². The molecule has 196 valence electrons. The van der Waals surface area contributed by atoms with Crippen molar-refractivity contribution in [2.75, 3.05) is 0 Å². The molecule has 5 aliphatic rings. The van der Waals surface area contributed by atoms with Crippen molar-refractivity contribution in [1.82, 2.24) is 0 Å². The summed E-state index contributed by atoms with van der Waals surface area (Å²) in [6.45, 7) is 18.8. The zero-order chi connectivity index (χ0) is 25.8. The molecule has 0 radical (unpaired) electrons. The van der Waals surface area contributed by atoms with Gasteiger partial charge < -0.3 is 5.11 Å². The Kier molecular flexibility index (Phi) is 5.45. The molecule has 0 aliphatic heterocycles. The number of aliphatic hydroxyl groups excluding tert-OH is 1. The van der Waals surface area contributed by atoms with Gasteiger partial charge in [0.1, 0.15) is 5.78 Å². The van der Waals surface area contributed by atoms with Crippen molar-refractivity contribution in [3.63, 3.8) is 0 Å². The van der Waals surface area contributed by atoms with Crippen LogP contribution < -0.4 is 0 Å².